The van der Waals surface area contributed by atoms with Gasteiger partial charge in [0, 0.05) is 6.20 Å². The number of carboxylic acid groups (broad SMARTS) is 1. The molecule has 1 aromatic heterocycles. The molecule has 0 aliphatic carbocycles. The molecule has 0 saturated heterocycles. The van der Waals surface area contributed by atoms with Crippen molar-refractivity contribution >= 4 is 11.9 Å². The summed E-state index contributed by atoms with van der Waals surface area (Å²) in [5.74, 6) is -1.66. The highest BCUT2D eigenvalue weighted by atomic mass is 16.5. The lowest BCUT2D eigenvalue weighted by atomic mass is 10.4. The first-order valence-electron chi connectivity index (χ1n) is 3.47. The number of rotatable bonds is 3. The average Bonchev–Trinajstić information content (AvgIpc) is 2.50. The zero-order valence-electron chi connectivity index (χ0n) is 6.93. The van der Waals surface area contributed by atoms with Crippen molar-refractivity contribution in [2.24, 2.45) is 0 Å². The van der Waals surface area contributed by atoms with Gasteiger partial charge in [-0.05, 0) is 6.07 Å². The molecule has 0 aliphatic heterocycles. The van der Waals surface area contributed by atoms with E-state index in [0.717, 1.165) is 4.68 Å². The maximum absolute atomic E-state index is 11.0. The number of methoxy groups -OCH3 is 1. The van der Waals surface area contributed by atoms with Crippen molar-refractivity contribution < 1.29 is 19.4 Å². The summed E-state index contributed by atoms with van der Waals surface area (Å²) in [4.78, 5) is 21.3. The zero-order chi connectivity index (χ0) is 9.84. The molecule has 6 heteroatoms. The van der Waals surface area contributed by atoms with Gasteiger partial charge < -0.3 is 9.84 Å². The molecule has 0 radical (unpaired) electrons. The number of nitrogens with zero attached hydrogens (tertiary/aromatic N) is 2. The Morgan fingerprint density at radius 3 is 2.92 bits per heavy atom. The fraction of sp³-hybridized carbons (Fsp3) is 0.286. The molecule has 0 saturated carbocycles. The first-order valence-corrected chi connectivity index (χ1v) is 3.47. The van der Waals surface area contributed by atoms with E-state index in [4.69, 9.17) is 5.11 Å². The Bertz CT molecular complexity index is 331. The van der Waals surface area contributed by atoms with Crippen LogP contribution in [-0.4, -0.2) is 33.9 Å². The van der Waals surface area contributed by atoms with Gasteiger partial charge in [0.1, 0.15) is 12.2 Å². The molecule has 1 heterocycles. The lowest BCUT2D eigenvalue weighted by Crippen LogP contribution is -2.16. The molecular formula is C7H8N2O4. The van der Waals surface area contributed by atoms with Crippen LogP contribution in [0.4, 0.5) is 0 Å². The number of hydrogen-bond donors (Lipinski definition) is 1. The molecule has 0 unspecified atom stereocenters. The topological polar surface area (TPSA) is 81.4 Å². The van der Waals surface area contributed by atoms with Gasteiger partial charge in [-0.1, -0.05) is 0 Å². The van der Waals surface area contributed by atoms with E-state index in [-0.39, 0.29) is 12.2 Å². The molecule has 0 aromatic carbocycles. The molecule has 0 bridgehead atoms. The van der Waals surface area contributed by atoms with Crippen LogP contribution in [-0.2, 0) is 16.1 Å². The van der Waals surface area contributed by atoms with Gasteiger partial charge in [0.05, 0.1) is 7.11 Å². The third kappa shape index (κ3) is 2.05. The van der Waals surface area contributed by atoms with Gasteiger partial charge in [-0.15, -0.1) is 0 Å². The van der Waals surface area contributed by atoms with Crippen molar-refractivity contribution in [1.29, 1.82) is 0 Å². The van der Waals surface area contributed by atoms with Gasteiger partial charge in [-0.2, -0.15) is 5.10 Å². The number of carbonyl (C=O) groups is 2. The largest absolute Gasteiger partial charge is 0.480 e. The summed E-state index contributed by atoms with van der Waals surface area (Å²) in [6.45, 7) is -0.350. The third-order valence-electron chi connectivity index (χ3n) is 1.40. The Hall–Kier alpha value is -1.85. The van der Waals surface area contributed by atoms with Crippen LogP contribution in [0, 0.1) is 0 Å². The summed E-state index contributed by atoms with van der Waals surface area (Å²) in [7, 11) is 1.22. The first kappa shape index (κ1) is 9.24. The Kier molecular flexibility index (Phi) is 2.63. The molecular weight excluding hydrogens is 176 g/mol. The van der Waals surface area contributed by atoms with E-state index < -0.39 is 11.9 Å². The molecule has 0 aliphatic rings. The fourth-order valence-electron chi connectivity index (χ4n) is 0.865. The highest BCUT2D eigenvalue weighted by molar-refractivity contribution is 5.87. The van der Waals surface area contributed by atoms with E-state index in [1.807, 2.05) is 0 Å². The van der Waals surface area contributed by atoms with Gasteiger partial charge in [0.15, 0.2) is 0 Å². The lowest BCUT2D eigenvalue weighted by Gasteiger charge is -2.01. The number of carbonyl (C=O) groups excluding carboxylic acids is 1. The molecule has 0 amide bonds. The van der Waals surface area contributed by atoms with Gasteiger partial charge in [-0.25, -0.2) is 9.48 Å². The van der Waals surface area contributed by atoms with Crippen molar-refractivity contribution in [1.82, 2.24) is 9.78 Å². The molecule has 13 heavy (non-hydrogen) atoms. The molecule has 1 rings (SSSR count). The predicted octanol–water partition coefficient (Wildman–Crippen LogP) is -0.246. The SMILES string of the molecule is COC(=O)c1ccnn1CC(=O)O. The smallest absolute Gasteiger partial charge is 0.356 e. The van der Waals surface area contributed by atoms with Gasteiger partial charge in [0.2, 0.25) is 0 Å². The normalized spacial score (nSPS) is 9.62. The Morgan fingerprint density at radius 1 is 1.69 bits per heavy atom. The van der Waals surface area contributed by atoms with Crippen molar-refractivity contribution in [2.75, 3.05) is 7.11 Å². The summed E-state index contributed by atoms with van der Waals surface area (Å²) in [5, 5.41) is 12.1. The summed E-state index contributed by atoms with van der Waals surface area (Å²) in [5.41, 5.74) is 0.130. The van der Waals surface area contributed by atoms with E-state index in [2.05, 4.69) is 9.84 Å². The second-order valence-electron chi connectivity index (χ2n) is 2.26. The lowest BCUT2D eigenvalue weighted by molar-refractivity contribution is -0.137. The molecule has 6 nitrogen and oxygen atoms in total. The number of ether oxygens (including phenoxy) is 1. The van der Waals surface area contributed by atoms with Crippen LogP contribution in [0.5, 0.6) is 0 Å². The van der Waals surface area contributed by atoms with Crippen molar-refractivity contribution in [3.63, 3.8) is 0 Å². The highest BCUT2D eigenvalue weighted by Gasteiger charge is 2.13. The predicted molar refractivity (Wildman–Crippen MR) is 41.2 cm³/mol. The second kappa shape index (κ2) is 3.70. The molecule has 0 atom stereocenters. The quantitative estimate of drug-likeness (QED) is 0.655. The van der Waals surface area contributed by atoms with E-state index in [1.54, 1.807) is 0 Å². The minimum atomic E-state index is -1.06. The van der Waals surface area contributed by atoms with Crippen LogP contribution in [0.15, 0.2) is 12.3 Å². The molecule has 0 fully saturated rings. The van der Waals surface area contributed by atoms with Crippen LogP contribution in [0.3, 0.4) is 0 Å². The van der Waals surface area contributed by atoms with Crippen LogP contribution in [0.2, 0.25) is 0 Å². The number of esters is 1. The highest BCUT2D eigenvalue weighted by Crippen LogP contribution is 2.00. The maximum Gasteiger partial charge on any atom is 0.356 e. The molecule has 70 valence electrons. The Labute approximate surface area is 73.7 Å². The van der Waals surface area contributed by atoms with E-state index in [1.165, 1.54) is 19.4 Å². The van der Waals surface area contributed by atoms with Crippen LogP contribution < -0.4 is 0 Å². The number of hydrogen-bond acceptors (Lipinski definition) is 4. The van der Waals surface area contributed by atoms with Gasteiger partial charge >= 0.3 is 11.9 Å². The molecule has 0 spiro atoms. The molecule has 1 N–H and O–H groups in total. The van der Waals surface area contributed by atoms with Crippen molar-refractivity contribution in [3.8, 4) is 0 Å². The number of carboxylic acids is 1. The summed E-state index contributed by atoms with van der Waals surface area (Å²) in [6, 6.07) is 1.40. The maximum atomic E-state index is 11.0. The zero-order valence-corrected chi connectivity index (χ0v) is 6.93. The van der Waals surface area contributed by atoms with Crippen molar-refractivity contribution in [2.45, 2.75) is 6.54 Å². The Balaban J connectivity index is 2.89. The minimum absolute atomic E-state index is 0.130. The summed E-state index contributed by atoms with van der Waals surface area (Å²) >= 11 is 0. The van der Waals surface area contributed by atoms with E-state index in [0.29, 0.717) is 0 Å². The van der Waals surface area contributed by atoms with Crippen LogP contribution in [0.25, 0.3) is 0 Å². The van der Waals surface area contributed by atoms with Gasteiger partial charge in [-0.3, -0.25) is 4.79 Å². The monoisotopic (exact) mass is 184 g/mol. The summed E-state index contributed by atoms with van der Waals surface area (Å²) < 4.78 is 5.49. The molecule has 1 aromatic rings. The second-order valence-corrected chi connectivity index (χ2v) is 2.26. The Morgan fingerprint density at radius 2 is 2.38 bits per heavy atom. The standard InChI is InChI=1S/C7H8N2O4/c1-13-7(12)5-2-3-8-9(5)4-6(10)11/h2-3H,4H2,1H3,(H,10,11). The van der Waals surface area contributed by atoms with Crippen LogP contribution in [0.1, 0.15) is 10.5 Å². The third-order valence-corrected chi connectivity index (χ3v) is 1.40. The van der Waals surface area contributed by atoms with Crippen molar-refractivity contribution in [3.05, 3.63) is 18.0 Å². The average molecular weight is 184 g/mol. The minimum Gasteiger partial charge on any atom is -0.480 e. The number of aromatic nitrogens is 2. The summed E-state index contributed by atoms with van der Waals surface area (Å²) in [6.07, 6.45) is 1.34. The van der Waals surface area contributed by atoms with Gasteiger partial charge in [0.25, 0.3) is 0 Å². The number of aliphatic carboxylic acids is 1. The first-order chi connectivity index (χ1) is 6.15. The van der Waals surface area contributed by atoms with E-state index >= 15 is 0 Å². The van der Waals surface area contributed by atoms with Crippen LogP contribution >= 0.6 is 0 Å². The van der Waals surface area contributed by atoms with E-state index in [9.17, 15) is 9.59 Å². The fourth-order valence-corrected chi connectivity index (χ4v) is 0.865.